The summed E-state index contributed by atoms with van der Waals surface area (Å²) in [6.07, 6.45) is 5.69. The Morgan fingerprint density at radius 2 is 1.86 bits per heavy atom. The van der Waals surface area contributed by atoms with Gasteiger partial charge in [-0.05, 0) is 28.7 Å². The predicted molar refractivity (Wildman–Crippen MR) is 109 cm³/mol. The van der Waals surface area contributed by atoms with Crippen LogP contribution in [-0.4, -0.2) is 41.4 Å². The molecule has 1 N–H and O–H groups in total. The minimum absolute atomic E-state index is 0.194. The number of carbonyl (C=O) groups is 1. The Labute approximate surface area is 170 Å². The summed E-state index contributed by atoms with van der Waals surface area (Å²) in [4.78, 5) is 14.7. The Morgan fingerprint density at radius 3 is 2.62 bits per heavy atom. The molecule has 2 heterocycles. The van der Waals surface area contributed by atoms with Crippen LogP contribution in [0.5, 0.6) is 0 Å². The fraction of sp³-hybridized carbons (Fsp3) is 0.375. The van der Waals surface area contributed by atoms with E-state index in [1.807, 2.05) is 42.5 Å². The zero-order valence-electron chi connectivity index (χ0n) is 16.3. The highest BCUT2D eigenvalue weighted by Gasteiger charge is 2.50. The predicted octanol–water partition coefficient (Wildman–Crippen LogP) is 3.64. The van der Waals surface area contributed by atoms with Gasteiger partial charge in [0.25, 0.3) is 0 Å². The summed E-state index contributed by atoms with van der Waals surface area (Å²) in [7, 11) is 0. The van der Waals surface area contributed by atoms with Crippen LogP contribution >= 0.6 is 0 Å². The quantitative estimate of drug-likeness (QED) is 0.868. The molecule has 0 spiro atoms. The number of piperidine rings is 1. The van der Waals surface area contributed by atoms with Crippen molar-refractivity contribution in [2.24, 2.45) is 0 Å². The molecule has 0 saturated carbocycles. The Hall–Kier alpha value is -2.63. The Bertz CT molecular complexity index is 925. The Morgan fingerprint density at radius 1 is 1.10 bits per heavy atom. The van der Waals surface area contributed by atoms with Crippen LogP contribution in [-0.2, 0) is 28.1 Å². The lowest BCUT2D eigenvalue weighted by atomic mass is 9.75. The molecule has 2 aromatic rings. The number of nitrogens with zero attached hydrogens (tertiary/aromatic N) is 1. The van der Waals surface area contributed by atoms with E-state index in [0.29, 0.717) is 26.1 Å². The van der Waals surface area contributed by atoms with E-state index in [1.54, 1.807) is 4.90 Å². The third-order valence-electron chi connectivity index (χ3n) is 6.30. The van der Waals surface area contributed by atoms with Gasteiger partial charge in [-0.2, -0.15) is 0 Å². The largest absolute Gasteiger partial charge is 0.445 e. The summed E-state index contributed by atoms with van der Waals surface area (Å²) in [6, 6.07) is 15.4. The first-order chi connectivity index (χ1) is 14.1. The fourth-order valence-corrected chi connectivity index (χ4v) is 5.02. The molecule has 2 saturated heterocycles. The number of benzene rings is 2. The van der Waals surface area contributed by atoms with E-state index in [-0.39, 0.29) is 24.8 Å². The molecule has 5 heteroatoms. The number of allylic oxidation sites excluding steroid dienone is 1. The molecule has 2 unspecified atom stereocenters. The Kier molecular flexibility index (Phi) is 4.64. The molecule has 1 aliphatic carbocycles. The molecule has 2 fully saturated rings. The van der Waals surface area contributed by atoms with E-state index in [2.05, 4.69) is 18.2 Å². The summed E-state index contributed by atoms with van der Waals surface area (Å²) < 4.78 is 11.3. The molecular weight excluding hydrogens is 366 g/mol. The number of hydrogen-bond donors (Lipinski definition) is 1. The van der Waals surface area contributed by atoms with Gasteiger partial charge in [-0.15, -0.1) is 0 Å². The van der Waals surface area contributed by atoms with Crippen LogP contribution in [0.15, 0.2) is 54.6 Å². The van der Waals surface area contributed by atoms with Crippen molar-refractivity contribution in [3.63, 3.8) is 0 Å². The van der Waals surface area contributed by atoms with Crippen molar-refractivity contribution >= 4 is 12.2 Å². The van der Waals surface area contributed by atoms with Gasteiger partial charge in [-0.25, -0.2) is 4.79 Å². The van der Waals surface area contributed by atoms with Crippen molar-refractivity contribution in [3.8, 4) is 0 Å². The van der Waals surface area contributed by atoms with E-state index in [9.17, 15) is 9.90 Å². The lowest BCUT2D eigenvalue weighted by Crippen LogP contribution is -2.62. The van der Waals surface area contributed by atoms with E-state index in [4.69, 9.17) is 9.47 Å². The maximum Gasteiger partial charge on any atom is 0.410 e. The van der Waals surface area contributed by atoms with Gasteiger partial charge in [-0.3, -0.25) is 4.90 Å². The summed E-state index contributed by atoms with van der Waals surface area (Å²) in [5.74, 6) is 0. The van der Waals surface area contributed by atoms with Gasteiger partial charge < -0.3 is 14.6 Å². The average molecular weight is 391 g/mol. The highest BCUT2D eigenvalue weighted by molar-refractivity contribution is 5.69. The van der Waals surface area contributed by atoms with Crippen molar-refractivity contribution in [2.45, 2.75) is 43.6 Å². The van der Waals surface area contributed by atoms with Crippen molar-refractivity contribution in [1.29, 1.82) is 0 Å². The molecule has 150 valence electrons. The zero-order chi connectivity index (χ0) is 19.8. The van der Waals surface area contributed by atoms with Crippen LogP contribution in [0.4, 0.5) is 4.79 Å². The monoisotopic (exact) mass is 391 g/mol. The number of amides is 1. The van der Waals surface area contributed by atoms with Crippen LogP contribution in [0.25, 0.3) is 6.08 Å². The smallest absolute Gasteiger partial charge is 0.410 e. The molecule has 1 amide bonds. The van der Waals surface area contributed by atoms with Crippen molar-refractivity contribution < 1.29 is 19.4 Å². The van der Waals surface area contributed by atoms with Crippen LogP contribution in [0.2, 0.25) is 0 Å². The number of morpholine rings is 1. The van der Waals surface area contributed by atoms with E-state index < -0.39 is 5.60 Å². The maximum atomic E-state index is 12.9. The standard InChI is InChI=1S/C24H25NO4/c26-23(29-14-17-6-2-1-3-7-17)25-19-12-24(27,13-20(25)16-28-15-19)22-11-5-9-18-8-4-10-21(18)22/h1-9,11,19-20,27H,10,12-16H2. The third-order valence-corrected chi connectivity index (χ3v) is 6.30. The minimum atomic E-state index is -0.952. The second kappa shape index (κ2) is 7.32. The van der Waals surface area contributed by atoms with E-state index in [0.717, 1.165) is 17.5 Å². The molecule has 3 aliphatic rings. The number of hydrogen-bond acceptors (Lipinski definition) is 4. The molecule has 5 rings (SSSR count). The topological polar surface area (TPSA) is 59.0 Å². The summed E-state index contributed by atoms with van der Waals surface area (Å²) in [5.41, 5.74) is 3.39. The molecule has 2 atom stereocenters. The lowest BCUT2D eigenvalue weighted by Gasteiger charge is -2.51. The molecular formula is C24H25NO4. The summed E-state index contributed by atoms with van der Waals surface area (Å²) >= 11 is 0. The third kappa shape index (κ3) is 3.34. The van der Waals surface area contributed by atoms with Crippen molar-refractivity contribution in [1.82, 2.24) is 4.90 Å². The van der Waals surface area contributed by atoms with Gasteiger partial charge in [0.15, 0.2) is 0 Å². The van der Waals surface area contributed by atoms with Crippen LogP contribution in [0.3, 0.4) is 0 Å². The first-order valence-electron chi connectivity index (χ1n) is 10.2. The van der Waals surface area contributed by atoms with Gasteiger partial charge in [0, 0.05) is 12.8 Å². The fourth-order valence-electron chi connectivity index (χ4n) is 5.02. The summed E-state index contributed by atoms with van der Waals surface area (Å²) in [5, 5.41) is 11.7. The van der Waals surface area contributed by atoms with E-state index in [1.165, 1.54) is 11.1 Å². The minimum Gasteiger partial charge on any atom is -0.445 e. The van der Waals surface area contributed by atoms with Crippen LogP contribution in [0.1, 0.15) is 35.1 Å². The molecule has 0 radical (unpaired) electrons. The molecule has 2 aromatic carbocycles. The highest BCUT2D eigenvalue weighted by Crippen LogP contribution is 2.44. The van der Waals surface area contributed by atoms with Crippen LogP contribution < -0.4 is 0 Å². The number of aliphatic hydroxyl groups is 1. The average Bonchev–Trinajstić information content (AvgIpc) is 3.21. The normalized spacial score (nSPS) is 27.6. The summed E-state index contributed by atoms with van der Waals surface area (Å²) in [6.45, 7) is 1.09. The second-order valence-electron chi connectivity index (χ2n) is 8.21. The number of rotatable bonds is 3. The zero-order valence-corrected chi connectivity index (χ0v) is 16.3. The van der Waals surface area contributed by atoms with Gasteiger partial charge in [0.1, 0.15) is 6.61 Å². The maximum absolute atomic E-state index is 12.9. The number of fused-ring (bicyclic) bond motifs is 3. The van der Waals surface area contributed by atoms with E-state index >= 15 is 0 Å². The van der Waals surface area contributed by atoms with Gasteiger partial charge in [-0.1, -0.05) is 60.7 Å². The SMILES string of the molecule is O=C(OCc1ccccc1)N1C2COCC1CC(O)(c1cccc3c1CC=C3)C2. The molecule has 5 nitrogen and oxygen atoms in total. The van der Waals surface area contributed by atoms with Gasteiger partial charge in [0.05, 0.1) is 30.9 Å². The Balaban J connectivity index is 1.35. The molecule has 2 bridgehead atoms. The first-order valence-corrected chi connectivity index (χ1v) is 10.2. The van der Waals surface area contributed by atoms with Crippen molar-refractivity contribution in [2.75, 3.05) is 13.2 Å². The lowest BCUT2D eigenvalue weighted by molar-refractivity contribution is -0.137. The number of ether oxygens (including phenoxy) is 2. The van der Waals surface area contributed by atoms with Crippen LogP contribution in [0, 0.1) is 0 Å². The molecule has 0 aromatic heterocycles. The number of carbonyl (C=O) groups excluding carboxylic acids is 1. The highest BCUT2D eigenvalue weighted by atomic mass is 16.6. The second-order valence-corrected chi connectivity index (χ2v) is 8.21. The van der Waals surface area contributed by atoms with Gasteiger partial charge in [0.2, 0.25) is 0 Å². The van der Waals surface area contributed by atoms with Gasteiger partial charge >= 0.3 is 6.09 Å². The van der Waals surface area contributed by atoms with Crippen molar-refractivity contribution in [3.05, 3.63) is 76.9 Å². The first kappa shape index (κ1) is 18.4. The molecule has 29 heavy (non-hydrogen) atoms. The molecule has 2 aliphatic heterocycles.